The van der Waals surface area contributed by atoms with E-state index in [-0.39, 0.29) is 5.54 Å². The molecule has 0 aromatic heterocycles. The minimum absolute atomic E-state index is 0.168. The Morgan fingerprint density at radius 1 is 1.22 bits per heavy atom. The Bertz CT molecular complexity index is 439. The van der Waals surface area contributed by atoms with Crippen LogP contribution in [0.4, 0.5) is 5.69 Å². The van der Waals surface area contributed by atoms with Crippen LogP contribution < -0.4 is 10.6 Å². The first-order chi connectivity index (χ1) is 8.69. The Balaban J connectivity index is 1.97. The molecule has 0 unspecified atom stereocenters. The standard InChI is InChI=1S/C14H19ClN2O/c15-11-2-3-13(17-6-8-18-9-7-17)12(10-11)14(16)4-1-5-14/h2-3,10H,1,4-9,16H2. The molecule has 0 amide bonds. The van der Waals surface area contributed by atoms with Gasteiger partial charge in [-0.1, -0.05) is 11.6 Å². The van der Waals surface area contributed by atoms with Crippen LogP contribution in [-0.4, -0.2) is 26.3 Å². The van der Waals surface area contributed by atoms with Crippen molar-refractivity contribution in [2.45, 2.75) is 24.8 Å². The van der Waals surface area contributed by atoms with E-state index in [0.29, 0.717) is 0 Å². The average Bonchev–Trinajstić information content (AvgIpc) is 2.37. The number of hydrogen-bond donors (Lipinski definition) is 1. The molecular weight excluding hydrogens is 248 g/mol. The maximum Gasteiger partial charge on any atom is 0.0642 e. The van der Waals surface area contributed by atoms with Gasteiger partial charge in [-0.05, 0) is 43.0 Å². The molecule has 1 heterocycles. The highest BCUT2D eigenvalue weighted by Crippen LogP contribution is 2.43. The van der Waals surface area contributed by atoms with Crippen LogP contribution in [-0.2, 0) is 10.3 Å². The van der Waals surface area contributed by atoms with E-state index >= 15 is 0 Å². The molecular formula is C14H19ClN2O. The van der Waals surface area contributed by atoms with Gasteiger partial charge in [-0.2, -0.15) is 0 Å². The Labute approximate surface area is 113 Å². The Morgan fingerprint density at radius 2 is 1.94 bits per heavy atom. The van der Waals surface area contributed by atoms with Gasteiger partial charge in [-0.25, -0.2) is 0 Å². The molecule has 3 nitrogen and oxygen atoms in total. The molecule has 1 aromatic carbocycles. The van der Waals surface area contributed by atoms with E-state index in [1.165, 1.54) is 17.7 Å². The minimum atomic E-state index is -0.168. The molecule has 2 fully saturated rings. The summed E-state index contributed by atoms with van der Waals surface area (Å²) in [5.74, 6) is 0. The zero-order valence-corrected chi connectivity index (χ0v) is 11.2. The van der Waals surface area contributed by atoms with Crippen LogP contribution in [0.1, 0.15) is 24.8 Å². The van der Waals surface area contributed by atoms with Gasteiger partial charge in [0.15, 0.2) is 0 Å². The lowest BCUT2D eigenvalue weighted by molar-refractivity contribution is 0.122. The lowest BCUT2D eigenvalue weighted by atomic mass is 9.72. The molecule has 0 spiro atoms. The first-order valence-electron chi connectivity index (χ1n) is 6.61. The van der Waals surface area contributed by atoms with Crippen molar-refractivity contribution in [3.63, 3.8) is 0 Å². The number of benzene rings is 1. The van der Waals surface area contributed by atoms with E-state index in [1.807, 2.05) is 12.1 Å². The summed E-state index contributed by atoms with van der Waals surface area (Å²) in [6.07, 6.45) is 3.33. The van der Waals surface area contributed by atoms with Crippen molar-refractivity contribution in [2.24, 2.45) is 5.73 Å². The lowest BCUT2D eigenvalue weighted by Crippen LogP contribution is -2.46. The van der Waals surface area contributed by atoms with Gasteiger partial charge in [0.25, 0.3) is 0 Å². The van der Waals surface area contributed by atoms with Gasteiger partial charge in [0.2, 0.25) is 0 Å². The second kappa shape index (κ2) is 4.72. The first-order valence-corrected chi connectivity index (χ1v) is 6.98. The third kappa shape index (κ3) is 2.11. The number of anilines is 1. The number of morpholine rings is 1. The fourth-order valence-electron chi connectivity index (χ4n) is 2.81. The number of nitrogens with two attached hydrogens (primary N) is 1. The van der Waals surface area contributed by atoms with Crippen LogP contribution in [0.3, 0.4) is 0 Å². The zero-order valence-electron chi connectivity index (χ0n) is 10.5. The average molecular weight is 267 g/mol. The van der Waals surface area contributed by atoms with Crippen LogP contribution >= 0.6 is 11.6 Å². The highest BCUT2D eigenvalue weighted by Gasteiger charge is 2.37. The van der Waals surface area contributed by atoms with Gasteiger partial charge < -0.3 is 15.4 Å². The number of rotatable bonds is 2. The third-order valence-electron chi connectivity index (χ3n) is 4.09. The predicted octanol–water partition coefficient (Wildman–Crippen LogP) is 2.51. The van der Waals surface area contributed by atoms with Crippen molar-refractivity contribution >= 4 is 17.3 Å². The summed E-state index contributed by atoms with van der Waals surface area (Å²) in [4.78, 5) is 2.36. The van der Waals surface area contributed by atoms with Crippen molar-refractivity contribution in [3.8, 4) is 0 Å². The maximum absolute atomic E-state index is 6.48. The third-order valence-corrected chi connectivity index (χ3v) is 4.33. The van der Waals surface area contributed by atoms with Gasteiger partial charge in [0, 0.05) is 29.3 Å². The summed E-state index contributed by atoms with van der Waals surface area (Å²) in [6.45, 7) is 3.45. The van der Waals surface area contributed by atoms with Gasteiger partial charge in [-0.3, -0.25) is 0 Å². The molecule has 1 saturated heterocycles. The van der Waals surface area contributed by atoms with Gasteiger partial charge >= 0.3 is 0 Å². The summed E-state index contributed by atoms with van der Waals surface area (Å²) in [6, 6.07) is 6.11. The molecule has 3 rings (SSSR count). The highest BCUT2D eigenvalue weighted by molar-refractivity contribution is 6.30. The Morgan fingerprint density at radius 3 is 2.56 bits per heavy atom. The topological polar surface area (TPSA) is 38.5 Å². The Kier molecular flexibility index (Phi) is 3.22. The lowest BCUT2D eigenvalue weighted by Gasteiger charge is -2.42. The van der Waals surface area contributed by atoms with E-state index in [9.17, 15) is 0 Å². The summed E-state index contributed by atoms with van der Waals surface area (Å²) < 4.78 is 5.41. The molecule has 1 aromatic rings. The molecule has 2 aliphatic rings. The van der Waals surface area contributed by atoms with Crippen molar-refractivity contribution in [1.82, 2.24) is 0 Å². The molecule has 4 heteroatoms. The number of hydrogen-bond acceptors (Lipinski definition) is 3. The van der Waals surface area contributed by atoms with E-state index in [1.54, 1.807) is 0 Å². The molecule has 1 aliphatic heterocycles. The van der Waals surface area contributed by atoms with E-state index in [0.717, 1.165) is 44.2 Å². The molecule has 0 bridgehead atoms. The fraction of sp³-hybridized carbons (Fsp3) is 0.571. The van der Waals surface area contributed by atoms with Gasteiger partial charge in [-0.15, -0.1) is 0 Å². The molecule has 98 valence electrons. The second-order valence-electron chi connectivity index (χ2n) is 5.27. The van der Waals surface area contributed by atoms with Crippen LogP contribution in [0.5, 0.6) is 0 Å². The molecule has 1 aliphatic carbocycles. The first kappa shape index (κ1) is 12.3. The number of ether oxygens (including phenoxy) is 1. The largest absolute Gasteiger partial charge is 0.378 e. The van der Waals surface area contributed by atoms with E-state index in [2.05, 4.69) is 11.0 Å². The summed E-state index contributed by atoms with van der Waals surface area (Å²) >= 11 is 6.14. The van der Waals surface area contributed by atoms with Crippen LogP contribution in [0.25, 0.3) is 0 Å². The predicted molar refractivity (Wildman–Crippen MR) is 74.2 cm³/mol. The number of halogens is 1. The molecule has 18 heavy (non-hydrogen) atoms. The van der Waals surface area contributed by atoms with Crippen LogP contribution in [0.2, 0.25) is 5.02 Å². The fourth-order valence-corrected chi connectivity index (χ4v) is 2.99. The minimum Gasteiger partial charge on any atom is -0.378 e. The quantitative estimate of drug-likeness (QED) is 0.894. The number of nitrogens with zero attached hydrogens (tertiary/aromatic N) is 1. The molecule has 0 atom stereocenters. The van der Waals surface area contributed by atoms with Gasteiger partial charge in [0.1, 0.15) is 0 Å². The van der Waals surface area contributed by atoms with E-state index in [4.69, 9.17) is 22.1 Å². The molecule has 1 saturated carbocycles. The van der Waals surface area contributed by atoms with Crippen molar-refractivity contribution in [2.75, 3.05) is 31.2 Å². The SMILES string of the molecule is NC1(c2cc(Cl)ccc2N2CCOCC2)CCC1. The van der Waals surface area contributed by atoms with Crippen molar-refractivity contribution in [3.05, 3.63) is 28.8 Å². The highest BCUT2D eigenvalue weighted by atomic mass is 35.5. The Hall–Kier alpha value is -0.770. The summed E-state index contributed by atoms with van der Waals surface area (Å²) in [5.41, 5.74) is 8.77. The van der Waals surface area contributed by atoms with Crippen LogP contribution in [0, 0.1) is 0 Å². The van der Waals surface area contributed by atoms with Crippen molar-refractivity contribution < 1.29 is 4.74 Å². The van der Waals surface area contributed by atoms with Gasteiger partial charge in [0.05, 0.1) is 13.2 Å². The normalized spacial score (nSPS) is 22.7. The summed E-state index contributed by atoms with van der Waals surface area (Å²) in [5, 5.41) is 0.777. The smallest absolute Gasteiger partial charge is 0.0642 e. The second-order valence-corrected chi connectivity index (χ2v) is 5.71. The van der Waals surface area contributed by atoms with E-state index < -0.39 is 0 Å². The molecule has 2 N–H and O–H groups in total. The molecule has 0 radical (unpaired) electrons. The monoisotopic (exact) mass is 266 g/mol. The van der Waals surface area contributed by atoms with Crippen LogP contribution in [0.15, 0.2) is 18.2 Å². The zero-order chi connectivity index (χ0) is 12.6. The van der Waals surface area contributed by atoms with Crippen molar-refractivity contribution in [1.29, 1.82) is 0 Å². The maximum atomic E-state index is 6.48. The summed E-state index contributed by atoms with van der Waals surface area (Å²) in [7, 11) is 0.